The molecule has 301 valence electrons. The molecule has 8 heteroatoms. The van der Waals surface area contributed by atoms with Crippen LogP contribution in [0.15, 0.2) is 140 Å². The quantitative estimate of drug-likeness (QED) is 0.160. The van der Waals surface area contributed by atoms with Gasteiger partial charge in [-0.25, -0.2) is 0 Å². The van der Waals surface area contributed by atoms with E-state index in [1.165, 1.54) is 28.4 Å². The van der Waals surface area contributed by atoms with E-state index in [1.807, 2.05) is 54.6 Å². The number of para-hydroxylation sites is 3. The first-order valence-corrected chi connectivity index (χ1v) is 20.2. The van der Waals surface area contributed by atoms with Gasteiger partial charge in [0.25, 0.3) is 0 Å². The Labute approximate surface area is 372 Å². The van der Waals surface area contributed by atoms with Gasteiger partial charge >= 0.3 is 0 Å². The maximum Gasteiger partial charge on any atom is 0.154 e. The van der Waals surface area contributed by atoms with E-state index >= 15 is 0 Å². The minimum atomic E-state index is -2.09. The zero-order valence-electron chi connectivity index (χ0n) is 36.8. The van der Waals surface area contributed by atoms with Crippen molar-refractivity contribution in [2.24, 2.45) is 0 Å². The van der Waals surface area contributed by atoms with E-state index in [2.05, 4.69) is 115 Å². The number of anilines is 3. The summed E-state index contributed by atoms with van der Waals surface area (Å²) >= 11 is 0. The van der Waals surface area contributed by atoms with Crippen molar-refractivity contribution in [2.75, 3.05) is 4.90 Å². The van der Waals surface area contributed by atoms with E-state index in [0.717, 1.165) is 73.4 Å². The van der Waals surface area contributed by atoms with Gasteiger partial charge in [-0.3, -0.25) is 4.98 Å². The topological polar surface area (TPSA) is 61.6 Å². The molecule has 12 rings (SSSR count). The van der Waals surface area contributed by atoms with Gasteiger partial charge in [-0.15, -0.1) is 41.5 Å². The minimum Gasteiger partial charge on any atom is -0.472 e. The number of hydrogen-bond acceptors (Lipinski definition) is 6. The van der Waals surface area contributed by atoms with Crippen LogP contribution in [-0.4, -0.2) is 14.5 Å². The Balaban J connectivity index is 0.000000242. The van der Waals surface area contributed by atoms with Gasteiger partial charge in [-0.2, -0.15) is 0 Å². The van der Waals surface area contributed by atoms with E-state index in [1.54, 1.807) is 18.2 Å². The predicted molar refractivity (Wildman–Crippen MR) is 239 cm³/mol. The fourth-order valence-corrected chi connectivity index (χ4v) is 8.58. The molecule has 7 aromatic carbocycles. The first-order chi connectivity index (χ1) is 30.5. The minimum absolute atomic E-state index is 0. The number of benzene rings is 7. The molecule has 3 aliphatic heterocycles. The van der Waals surface area contributed by atoms with E-state index in [9.17, 15) is 0 Å². The number of aryl methyl sites for hydroxylation is 1. The van der Waals surface area contributed by atoms with Crippen molar-refractivity contribution in [3.63, 3.8) is 0 Å². The molecule has 9 aromatic rings. The van der Waals surface area contributed by atoms with Crippen LogP contribution < -0.4 is 19.1 Å². The van der Waals surface area contributed by atoms with Crippen LogP contribution in [0, 0.1) is 19.0 Å². The molecule has 0 saturated heterocycles. The fraction of sp³-hybridized carbons (Fsp3) is 0.132. The molecule has 0 unspecified atom stereocenters. The molecule has 1 radical (unpaired) electrons. The van der Waals surface area contributed by atoms with Gasteiger partial charge in [-0.05, 0) is 76.8 Å². The van der Waals surface area contributed by atoms with Crippen molar-refractivity contribution in [1.29, 1.82) is 0 Å². The van der Waals surface area contributed by atoms with Crippen molar-refractivity contribution >= 4 is 38.9 Å². The molecule has 0 spiro atoms. The molecular formula is C53H40IrN4O3-2. The van der Waals surface area contributed by atoms with Crippen LogP contribution in [0.5, 0.6) is 34.5 Å². The van der Waals surface area contributed by atoms with Crippen molar-refractivity contribution in [2.45, 2.75) is 46.4 Å². The number of fused-ring (bicyclic) bond motifs is 3. The summed E-state index contributed by atoms with van der Waals surface area (Å²) in [5.74, 6) is 5.59. The van der Waals surface area contributed by atoms with Crippen molar-refractivity contribution in [1.82, 2.24) is 14.5 Å². The first kappa shape index (κ1) is 35.1. The Morgan fingerprint density at radius 3 is 1.95 bits per heavy atom. The van der Waals surface area contributed by atoms with Gasteiger partial charge in [0, 0.05) is 47.2 Å². The summed E-state index contributed by atoms with van der Waals surface area (Å²) in [6, 6.07) is 50.9. The maximum atomic E-state index is 7.23. The summed E-state index contributed by atoms with van der Waals surface area (Å²) in [7, 11) is 0. The molecule has 0 aliphatic carbocycles. The Morgan fingerprint density at radius 1 is 0.623 bits per heavy atom. The molecule has 7 nitrogen and oxygen atoms in total. The Kier molecular flexibility index (Phi) is 8.66. The number of rotatable bonds is 5. The number of ether oxygens (including phenoxy) is 3. The average Bonchev–Trinajstić information content (AvgIpc) is 3.69. The number of aromatic nitrogens is 3. The maximum absolute atomic E-state index is 7.23. The van der Waals surface area contributed by atoms with Crippen LogP contribution in [-0.2, 0) is 20.1 Å². The van der Waals surface area contributed by atoms with Gasteiger partial charge in [0.05, 0.1) is 28.4 Å². The van der Waals surface area contributed by atoms with Crippen molar-refractivity contribution in [3.05, 3.63) is 168 Å². The van der Waals surface area contributed by atoms with Crippen LogP contribution in [0.2, 0.25) is 0 Å². The van der Waals surface area contributed by atoms with Crippen molar-refractivity contribution in [3.8, 4) is 62.8 Å². The third-order valence-electron chi connectivity index (χ3n) is 11.3. The normalized spacial score (nSPS) is 13.5. The van der Waals surface area contributed by atoms with Crippen LogP contribution in [0.3, 0.4) is 0 Å². The molecular weight excluding hydrogens is 933 g/mol. The second kappa shape index (κ2) is 15.1. The van der Waals surface area contributed by atoms with Gasteiger partial charge in [-0.1, -0.05) is 113 Å². The summed E-state index contributed by atoms with van der Waals surface area (Å²) in [5, 5.41) is 2.32. The molecule has 3 aliphatic rings. The summed E-state index contributed by atoms with van der Waals surface area (Å²) in [6.45, 7) is 6.95. The van der Waals surface area contributed by atoms with E-state index < -0.39 is 6.85 Å². The zero-order valence-corrected chi connectivity index (χ0v) is 36.2. The Bertz CT molecular complexity index is 3170. The number of imidazole rings is 1. The summed E-state index contributed by atoms with van der Waals surface area (Å²) in [4.78, 5) is 11.7. The average molecular weight is 976 g/mol. The second-order valence-corrected chi connectivity index (χ2v) is 15.8. The summed E-state index contributed by atoms with van der Waals surface area (Å²) in [5.41, 5.74) is 10.9. The van der Waals surface area contributed by atoms with E-state index in [0.29, 0.717) is 29.1 Å². The molecule has 0 amide bonds. The molecule has 0 atom stereocenters. The van der Waals surface area contributed by atoms with Crippen molar-refractivity contribution < 1.29 is 38.4 Å². The predicted octanol–water partition coefficient (Wildman–Crippen LogP) is 14.5. The van der Waals surface area contributed by atoms with Gasteiger partial charge in [0.2, 0.25) is 0 Å². The Morgan fingerprint density at radius 2 is 1.30 bits per heavy atom. The fourth-order valence-electron chi connectivity index (χ4n) is 8.58. The first-order valence-electron chi connectivity index (χ1n) is 21.7. The van der Waals surface area contributed by atoms with E-state index in [4.69, 9.17) is 23.3 Å². The third-order valence-corrected chi connectivity index (χ3v) is 11.3. The van der Waals surface area contributed by atoms with Gasteiger partial charge in [0.15, 0.2) is 23.0 Å². The molecule has 61 heavy (non-hydrogen) atoms. The molecule has 0 saturated carbocycles. The SMILES string of the molecule is CC(C)c1cccc(C(C)C)c1-n1c(-c2[c-]c3c4c(c2)Oc2cccc5c2N4c2c(cccc2O5)O3)nc2ccc3ccccc3c21.[2H]C([2H])([2H])c1ccc(-c2[c-]cccc2)nc1.[Ir]. The monoisotopic (exact) mass is 976 g/mol. The van der Waals surface area contributed by atoms with Gasteiger partial charge < -0.3 is 28.7 Å². The smallest absolute Gasteiger partial charge is 0.154 e. The summed E-state index contributed by atoms with van der Waals surface area (Å²) in [6.07, 6.45) is 1.39. The number of nitrogens with zero attached hydrogens (tertiary/aromatic N) is 4. The molecule has 2 aromatic heterocycles. The van der Waals surface area contributed by atoms with Crippen LogP contribution in [0.25, 0.3) is 50.1 Å². The molecule has 5 heterocycles. The molecule has 0 N–H and O–H groups in total. The van der Waals surface area contributed by atoms with Crippen LogP contribution in [0.1, 0.15) is 60.3 Å². The number of hydrogen-bond donors (Lipinski definition) is 0. The number of pyridine rings is 1. The second-order valence-electron chi connectivity index (χ2n) is 15.8. The zero-order chi connectivity index (χ0) is 43.1. The van der Waals surface area contributed by atoms with Crippen LogP contribution in [0.4, 0.5) is 17.1 Å². The van der Waals surface area contributed by atoms with Crippen LogP contribution >= 0.6 is 0 Å². The Hall–Kier alpha value is -6.73. The molecule has 0 fully saturated rings. The standard InChI is InChI=1S/C41H30N3O3.C12H10N.Ir/c1-22(2)26-12-7-13-27(23(3)4)36(26)44-37-28-11-6-5-10-24(28)18-19-29(37)42-41(44)25-20-34-40-35(21-25)47-33-17-9-15-31-39(33)43(40)38-30(45-31)14-8-16-32(38)46-34;1-10-7-8-12(13-9-10)11-5-3-2-4-6-11;/h5-20,22-23H,1-4H3;2-5,7-9H,1H3;/q2*-1;/i;1D3;. The third kappa shape index (κ3) is 6.28. The summed E-state index contributed by atoms with van der Waals surface area (Å²) < 4.78 is 43.7. The van der Waals surface area contributed by atoms with E-state index in [-0.39, 0.29) is 25.7 Å². The largest absolute Gasteiger partial charge is 0.472 e. The van der Waals surface area contributed by atoms with Gasteiger partial charge in [0.1, 0.15) is 11.4 Å². The molecule has 0 bridgehead atoms.